The van der Waals surface area contributed by atoms with E-state index in [9.17, 15) is 4.79 Å². The number of nitrogens with one attached hydrogen (secondary N) is 1. The zero-order valence-corrected chi connectivity index (χ0v) is 10.9. The highest BCUT2D eigenvalue weighted by molar-refractivity contribution is 5.95. The van der Waals surface area contributed by atoms with Crippen molar-refractivity contribution in [3.8, 4) is 0 Å². The molecule has 1 aromatic rings. The van der Waals surface area contributed by atoms with Crippen LogP contribution in [0.3, 0.4) is 0 Å². The van der Waals surface area contributed by atoms with Gasteiger partial charge in [-0.1, -0.05) is 6.07 Å². The first-order chi connectivity index (χ1) is 7.85. The molecule has 0 aliphatic carbocycles. The van der Waals surface area contributed by atoms with E-state index in [1.54, 1.807) is 6.07 Å². The number of carbonyl (C=O) groups is 1. The van der Waals surface area contributed by atoms with Gasteiger partial charge in [0.05, 0.1) is 0 Å². The molecule has 0 aliphatic rings. The largest absolute Gasteiger partial charge is 0.378 e. The number of hydrogen-bond acceptors (Lipinski definition) is 3. The topological polar surface area (TPSA) is 58.4 Å². The lowest BCUT2D eigenvalue weighted by Crippen LogP contribution is -2.48. The summed E-state index contributed by atoms with van der Waals surface area (Å²) in [5.41, 5.74) is 6.86. The Morgan fingerprint density at radius 2 is 2.06 bits per heavy atom. The molecule has 17 heavy (non-hydrogen) atoms. The fourth-order valence-corrected chi connectivity index (χ4v) is 1.36. The van der Waals surface area contributed by atoms with Crippen molar-refractivity contribution in [2.75, 3.05) is 25.5 Å². The molecule has 0 atom stereocenters. The maximum atomic E-state index is 12.0. The highest BCUT2D eigenvalue weighted by Gasteiger charge is 2.19. The average molecular weight is 235 g/mol. The Morgan fingerprint density at radius 3 is 2.59 bits per heavy atom. The van der Waals surface area contributed by atoms with E-state index >= 15 is 0 Å². The van der Waals surface area contributed by atoms with E-state index in [2.05, 4.69) is 5.32 Å². The third-order valence-electron chi connectivity index (χ3n) is 2.59. The second kappa shape index (κ2) is 5.19. The molecule has 0 radical (unpaired) electrons. The monoisotopic (exact) mass is 235 g/mol. The van der Waals surface area contributed by atoms with Gasteiger partial charge in [-0.2, -0.15) is 0 Å². The van der Waals surface area contributed by atoms with Gasteiger partial charge in [0.2, 0.25) is 0 Å². The SMILES string of the molecule is CN(C)c1cccc(C(=O)NC(C)(C)CN)c1. The van der Waals surface area contributed by atoms with E-state index in [1.165, 1.54) is 0 Å². The molecule has 0 heterocycles. The van der Waals surface area contributed by atoms with Crippen LogP contribution in [-0.4, -0.2) is 32.1 Å². The minimum Gasteiger partial charge on any atom is -0.378 e. The van der Waals surface area contributed by atoms with Gasteiger partial charge in [0.25, 0.3) is 5.91 Å². The fourth-order valence-electron chi connectivity index (χ4n) is 1.36. The maximum absolute atomic E-state index is 12.0. The molecule has 0 aliphatic heterocycles. The molecule has 1 aromatic carbocycles. The molecule has 4 heteroatoms. The summed E-state index contributed by atoms with van der Waals surface area (Å²) in [6.45, 7) is 4.22. The molecular formula is C13H21N3O. The summed E-state index contributed by atoms with van der Waals surface area (Å²) in [6, 6.07) is 7.50. The molecule has 1 amide bonds. The van der Waals surface area contributed by atoms with Crippen LogP contribution in [0.25, 0.3) is 0 Å². The third kappa shape index (κ3) is 3.75. The number of benzene rings is 1. The smallest absolute Gasteiger partial charge is 0.251 e. The Balaban J connectivity index is 2.86. The van der Waals surface area contributed by atoms with Crippen LogP contribution in [0, 0.1) is 0 Å². The van der Waals surface area contributed by atoms with Crippen molar-refractivity contribution in [1.29, 1.82) is 0 Å². The van der Waals surface area contributed by atoms with Crippen LogP contribution in [-0.2, 0) is 0 Å². The first kappa shape index (κ1) is 13.5. The lowest BCUT2D eigenvalue weighted by atomic mass is 10.0. The first-order valence-corrected chi connectivity index (χ1v) is 5.66. The maximum Gasteiger partial charge on any atom is 0.251 e. The van der Waals surface area contributed by atoms with Crippen LogP contribution in [0.4, 0.5) is 5.69 Å². The highest BCUT2D eigenvalue weighted by atomic mass is 16.1. The molecule has 1 rings (SSSR count). The third-order valence-corrected chi connectivity index (χ3v) is 2.59. The molecule has 0 spiro atoms. The number of nitrogens with zero attached hydrogens (tertiary/aromatic N) is 1. The number of anilines is 1. The summed E-state index contributed by atoms with van der Waals surface area (Å²) in [4.78, 5) is 14.0. The van der Waals surface area contributed by atoms with Gasteiger partial charge in [0.15, 0.2) is 0 Å². The minimum atomic E-state index is -0.384. The van der Waals surface area contributed by atoms with Crippen LogP contribution in [0.5, 0.6) is 0 Å². The van der Waals surface area contributed by atoms with E-state index in [1.807, 2.05) is 51.0 Å². The summed E-state index contributed by atoms with van der Waals surface area (Å²) in [7, 11) is 3.89. The number of amides is 1. The Morgan fingerprint density at radius 1 is 1.41 bits per heavy atom. The Labute approximate surface area is 103 Å². The van der Waals surface area contributed by atoms with Crippen molar-refractivity contribution in [3.63, 3.8) is 0 Å². The van der Waals surface area contributed by atoms with Crippen molar-refractivity contribution in [1.82, 2.24) is 5.32 Å². The Hall–Kier alpha value is -1.55. The lowest BCUT2D eigenvalue weighted by Gasteiger charge is -2.24. The Bertz CT molecular complexity index is 399. The molecule has 0 fully saturated rings. The van der Waals surface area contributed by atoms with E-state index < -0.39 is 0 Å². The molecule has 0 saturated carbocycles. The van der Waals surface area contributed by atoms with Gasteiger partial charge >= 0.3 is 0 Å². The normalized spacial score (nSPS) is 11.1. The standard InChI is InChI=1S/C13H21N3O/c1-13(2,9-14)15-12(17)10-6-5-7-11(8-10)16(3)4/h5-8H,9,14H2,1-4H3,(H,15,17). The van der Waals surface area contributed by atoms with Crippen LogP contribution >= 0.6 is 0 Å². The zero-order valence-electron chi connectivity index (χ0n) is 10.9. The first-order valence-electron chi connectivity index (χ1n) is 5.66. The van der Waals surface area contributed by atoms with Crippen LogP contribution in [0.15, 0.2) is 24.3 Å². The van der Waals surface area contributed by atoms with E-state index in [-0.39, 0.29) is 11.4 Å². The average Bonchev–Trinajstić information content (AvgIpc) is 2.28. The summed E-state index contributed by atoms with van der Waals surface area (Å²) in [5.74, 6) is -0.0934. The minimum absolute atomic E-state index is 0.0934. The zero-order chi connectivity index (χ0) is 13.1. The molecule has 0 saturated heterocycles. The number of nitrogens with two attached hydrogens (primary N) is 1. The van der Waals surface area contributed by atoms with Gasteiger partial charge < -0.3 is 16.0 Å². The van der Waals surface area contributed by atoms with Crippen molar-refractivity contribution >= 4 is 11.6 Å². The van der Waals surface area contributed by atoms with Gasteiger partial charge in [-0.05, 0) is 32.0 Å². The van der Waals surface area contributed by atoms with E-state index in [0.717, 1.165) is 5.69 Å². The van der Waals surface area contributed by atoms with Gasteiger partial charge in [0, 0.05) is 37.4 Å². The molecule has 0 aromatic heterocycles. The van der Waals surface area contributed by atoms with Crippen LogP contribution in [0.2, 0.25) is 0 Å². The Kier molecular flexibility index (Phi) is 4.12. The van der Waals surface area contributed by atoms with E-state index in [4.69, 9.17) is 5.73 Å². The quantitative estimate of drug-likeness (QED) is 0.825. The second-order valence-corrected chi connectivity index (χ2v) is 4.99. The van der Waals surface area contributed by atoms with E-state index in [0.29, 0.717) is 12.1 Å². The molecule has 4 nitrogen and oxygen atoms in total. The summed E-state index contributed by atoms with van der Waals surface area (Å²) >= 11 is 0. The number of rotatable bonds is 4. The van der Waals surface area contributed by atoms with Gasteiger partial charge in [0.1, 0.15) is 0 Å². The number of hydrogen-bond donors (Lipinski definition) is 2. The summed E-state index contributed by atoms with van der Waals surface area (Å²) in [5, 5.41) is 2.91. The van der Waals surface area contributed by atoms with Gasteiger partial charge in [-0.3, -0.25) is 4.79 Å². The summed E-state index contributed by atoms with van der Waals surface area (Å²) in [6.07, 6.45) is 0. The summed E-state index contributed by atoms with van der Waals surface area (Å²) < 4.78 is 0. The molecular weight excluding hydrogens is 214 g/mol. The van der Waals surface area contributed by atoms with Crippen LogP contribution < -0.4 is 16.0 Å². The van der Waals surface area contributed by atoms with Crippen molar-refractivity contribution in [3.05, 3.63) is 29.8 Å². The van der Waals surface area contributed by atoms with Gasteiger partial charge in [-0.25, -0.2) is 0 Å². The fraction of sp³-hybridized carbons (Fsp3) is 0.462. The molecule has 0 bridgehead atoms. The molecule has 0 unspecified atom stereocenters. The predicted molar refractivity (Wildman–Crippen MR) is 71.4 cm³/mol. The molecule has 3 N–H and O–H groups in total. The van der Waals surface area contributed by atoms with Gasteiger partial charge in [-0.15, -0.1) is 0 Å². The number of carbonyl (C=O) groups excluding carboxylic acids is 1. The van der Waals surface area contributed by atoms with Crippen molar-refractivity contribution in [2.45, 2.75) is 19.4 Å². The highest BCUT2D eigenvalue weighted by Crippen LogP contribution is 2.14. The second-order valence-electron chi connectivity index (χ2n) is 4.99. The predicted octanol–water partition coefficient (Wildman–Crippen LogP) is 1.22. The lowest BCUT2D eigenvalue weighted by molar-refractivity contribution is 0.0916. The van der Waals surface area contributed by atoms with Crippen molar-refractivity contribution in [2.24, 2.45) is 5.73 Å². The molecule has 94 valence electrons. The van der Waals surface area contributed by atoms with Crippen LogP contribution in [0.1, 0.15) is 24.2 Å². The van der Waals surface area contributed by atoms with Crippen molar-refractivity contribution < 1.29 is 4.79 Å².